The summed E-state index contributed by atoms with van der Waals surface area (Å²) >= 11 is 0. The molecule has 26 heavy (non-hydrogen) atoms. The van der Waals surface area contributed by atoms with E-state index in [4.69, 9.17) is 14.2 Å². The lowest BCUT2D eigenvalue weighted by Crippen LogP contribution is -2.47. The van der Waals surface area contributed by atoms with E-state index in [0.29, 0.717) is 0 Å². The predicted molar refractivity (Wildman–Crippen MR) is 96.0 cm³/mol. The Hall–Kier alpha value is -1.74. The molecule has 0 aromatic heterocycles. The zero-order chi connectivity index (χ0) is 19.5. The topological polar surface area (TPSA) is 90.9 Å². The van der Waals surface area contributed by atoms with Crippen LogP contribution in [0.25, 0.3) is 0 Å². The van der Waals surface area contributed by atoms with Gasteiger partial charge < -0.3 is 14.2 Å². The number of rotatable bonds is 7. The summed E-state index contributed by atoms with van der Waals surface area (Å²) in [5.41, 5.74) is 0.902. The van der Waals surface area contributed by atoms with Gasteiger partial charge in [0.25, 0.3) is 0 Å². The summed E-state index contributed by atoms with van der Waals surface area (Å²) in [7, 11) is -3.90. The van der Waals surface area contributed by atoms with Crippen LogP contribution in [0.2, 0.25) is 0 Å². The molecule has 0 aliphatic carbocycles. The van der Waals surface area contributed by atoms with Crippen LogP contribution in [0.5, 0.6) is 0 Å². The quantitative estimate of drug-likeness (QED) is 0.571. The van der Waals surface area contributed by atoms with Gasteiger partial charge >= 0.3 is 5.97 Å². The van der Waals surface area contributed by atoms with Crippen molar-refractivity contribution in [3.8, 4) is 0 Å². The number of carbonyl (C=O) groups is 1. The van der Waals surface area contributed by atoms with E-state index in [-0.39, 0.29) is 23.7 Å². The van der Waals surface area contributed by atoms with E-state index < -0.39 is 33.9 Å². The highest BCUT2D eigenvalue weighted by molar-refractivity contribution is 7.89. The fourth-order valence-corrected chi connectivity index (χ4v) is 3.81. The SMILES string of the molecule is C=C(C(=O)OCC)C(NS(=O)(=O)c1ccc(C)cc1)[C@H]1COC(C)(C)O1. The van der Waals surface area contributed by atoms with Gasteiger partial charge in [0.1, 0.15) is 6.10 Å². The van der Waals surface area contributed by atoms with Crippen molar-refractivity contribution in [2.75, 3.05) is 13.2 Å². The second-order valence-electron chi connectivity index (χ2n) is 6.52. The summed E-state index contributed by atoms with van der Waals surface area (Å²) in [6.45, 7) is 10.9. The molecule has 1 N–H and O–H groups in total. The number of sulfonamides is 1. The van der Waals surface area contributed by atoms with Gasteiger partial charge in [0, 0.05) is 0 Å². The van der Waals surface area contributed by atoms with Gasteiger partial charge in [0.05, 0.1) is 29.7 Å². The number of esters is 1. The van der Waals surface area contributed by atoms with Crippen molar-refractivity contribution in [3.05, 3.63) is 42.0 Å². The third-order valence-corrected chi connectivity index (χ3v) is 5.39. The molecule has 1 aromatic rings. The van der Waals surface area contributed by atoms with E-state index in [1.54, 1.807) is 32.9 Å². The summed E-state index contributed by atoms with van der Waals surface area (Å²) in [6, 6.07) is 5.38. The first-order valence-electron chi connectivity index (χ1n) is 8.32. The molecule has 0 saturated carbocycles. The normalized spacial score (nSPS) is 20.5. The Kier molecular flexibility index (Phi) is 6.23. The summed E-state index contributed by atoms with van der Waals surface area (Å²) in [5, 5.41) is 0. The molecule has 0 radical (unpaired) electrons. The van der Waals surface area contributed by atoms with Crippen molar-refractivity contribution in [3.63, 3.8) is 0 Å². The third kappa shape index (κ3) is 4.91. The molecule has 0 bridgehead atoms. The summed E-state index contributed by atoms with van der Waals surface area (Å²) in [6.07, 6.45) is -0.706. The molecule has 1 saturated heterocycles. The maximum Gasteiger partial charge on any atom is 0.335 e. The zero-order valence-corrected chi connectivity index (χ0v) is 16.3. The van der Waals surface area contributed by atoms with Crippen molar-refractivity contribution in [1.29, 1.82) is 0 Å². The molecule has 1 aromatic carbocycles. The number of carbonyl (C=O) groups excluding carboxylic acids is 1. The van der Waals surface area contributed by atoms with Crippen LogP contribution in [0, 0.1) is 6.92 Å². The minimum atomic E-state index is -3.90. The second kappa shape index (κ2) is 7.87. The molecule has 8 heteroatoms. The van der Waals surface area contributed by atoms with Gasteiger partial charge in [-0.1, -0.05) is 24.3 Å². The van der Waals surface area contributed by atoms with Crippen LogP contribution in [-0.4, -0.2) is 45.5 Å². The van der Waals surface area contributed by atoms with E-state index in [2.05, 4.69) is 11.3 Å². The molecule has 1 heterocycles. The maximum absolute atomic E-state index is 12.8. The van der Waals surface area contributed by atoms with E-state index in [1.165, 1.54) is 12.1 Å². The van der Waals surface area contributed by atoms with Crippen molar-refractivity contribution in [1.82, 2.24) is 4.72 Å². The molecule has 7 nitrogen and oxygen atoms in total. The number of nitrogens with one attached hydrogen (secondary N) is 1. The molecule has 1 aliphatic rings. The fraction of sp³-hybridized carbons (Fsp3) is 0.500. The highest BCUT2D eigenvalue weighted by atomic mass is 32.2. The predicted octanol–water partition coefficient (Wildman–Crippen LogP) is 1.91. The van der Waals surface area contributed by atoms with E-state index >= 15 is 0 Å². The molecule has 144 valence electrons. The second-order valence-corrected chi connectivity index (χ2v) is 8.24. The Morgan fingerprint density at radius 3 is 2.50 bits per heavy atom. The Morgan fingerprint density at radius 2 is 2.00 bits per heavy atom. The Labute approximate surface area is 154 Å². The summed E-state index contributed by atoms with van der Waals surface area (Å²) in [5.74, 6) is -1.56. The number of hydrogen-bond donors (Lipinski definition) is 1. The summed E-state index contributed by atoms with van der Waals surface area (Å²) in [4.78, 5) is 12.2. The van der Waals surface area contributed by atoms with Gasteiger partial charge in [-0.15, -0.1) is 0 Å². The van der Waals surface area contributed by atoms with Crippen molar-refractivity contribution >= 4 is 16.0 Å². The Balaban J connectivity index is 2.30. The van der Waals surface area contributed by atoms with Gasteiger partial charge in [-0.25, -0.2) is 17.9 Å². The maximum atomic E-state index is 12.8. The van der Waals surface area contributed by atoms with Crippen LogP contribution in [0.4, 0.5) is 0 Å². The lowest BCUT2D eigenvalue weighted by atomic mass is 10.0. The van der Waals surface area contributed by atoms with Crippen molar-refractivity contribution in [2.24, 2.45) is 0 Å². The molecular formula is C18H25NO6S. The minimum absolute atomic E-state index is 0.0335. The third-order valence-electron chi connectivity index (χ3n) is 3.93. The highest BCUT2D eigenvalue weighted by Crippen LogP contribution is 2.27. The average molecular weight is 383 g/mol. The smallest absolute Gasteiger partial charge is 0.335 e. The first-order chi connectivity index (χ1) is 12.1. The van der Waals surface area contributed by atoms with Gasteiger partial charge in [-0.3, -0.25) is 0 Å². The number of aryl methyl sites for hydroxylation is 1. The monoisotopic (exact) mass is 383 g/mol. The molecule has 1 aliphatic heterocycles. The number of ether oxygens (including phenoxy) is 3. The average Bonchev–Trinajstić information content (AvgIpc) is 2.92. The minimum Gasteiger partial charge on any atom is -0.463 e. The van der Waals surface area contributed by atoms with E-state index in [0.717, 1.165) is 5.56 Å². The molecular weight excluding hydrogens is 358 g/mol. The Bertz CT molecular complexity index is 769. The van der Waals surface area contributed by atoms with Crippen LogP contribution in [-0.2, 0) is 29.0 Å². The van der Waals surface area contributed by atoms with E-state index in [1.807, 2.05) is 6.92 Å². The molecule has 1 fully saturated rings. The molecule has 2 rings (SSSR count). The molecule has 0 amide bonds. The first-order valence-corrected chi connectivity index (χ1v) is 9.81. The number of hydrogen-bond acceptors (Lipinski definition) is 6. The van der Waals surface area contributed by atoms with Gasteiger partial charge in [0.2, 0.25) is 10.0 Å². The van der Waals surface area contributed by atoms with Crippen molar-refractivity contribution < 1.29 is 27.4 Å². The molecule has 1 unspecified atom stereocenters. The highest BCUT2D eigenvalue weighted by Gasteiger charge is 2.42. The largest absolute Gasteiger partial charge is 0.463 e. The van der Waals surface area contributed by atoms with Crippen LogP contribution in [0.15, 0.2) is 41.3 Å². The van der Waals surface area contributed by atoms with Crippen LogP contribution < -0.4 is 4.72 Å². The molecule has 0 spiro atoms. The first kappa shape index (κ1) is 20.6. The lowest BCUT2D eigenvalue weighted by Gasteiger charge is -2.26. The standard InChI is InChI=1S/C18H25NO6S/c1-6-23-17(20)13(3)16(15-11-24-18(4,5)25-15)19-26(21,22)14-9-7-12(2)8-10-14/h7-10,15-16,19H,3,6,11H2,1-2,4-5H3/t15-,16?/m1/s1. The van der Waals surface area contributed by atoms with Gasteiger partial charge in [-0.05, 0) is 39.8 Å². The van der Waals surface area contributed by atoms with E-state index in [9.17, 15) is 13.2 Å². The summed E-state index contributed by atoms with van der Waals surface area (Å²) < 4.78 is 44.2. The zero-order valence-electron chi connectivity index (χ0n) is 15.4. The van der Waals surface area contributed by atoms with Crippen LogP contribution in [0.1, 0.15) is 26.3 Å². The van der Waals surface area contributed by atoms with Crippen LogP contribution >= 0.6 is 0 Å². The fourth-order valence-electron chi connectivity index (χ4n) is 2.55. The Morgan fingerprint density at radius 1 is 1.38 bits per heavy atom. The van der Waals surface area contributed by atoms with Gasteiger partial charge in [-0.2, -0.15) is 0 Å². The molecule has 2 atom stereocenters. The lowest BCUT2D eigenvalue weighted by molar-refractivity contribution is -0.144. The van der Waals surface area contributed by atoms with Crippen molar-refractivity contribution in [2.45, 2.75) is 50.5 Å². The van der Waals surface area contributed by atoms with Gasteiger partial charge in [0.15, 0.2) is 5.79 Å². The van der Waals surface area contributed by atoms with Crippen LogP contribution in [0.3, 0.4) is 0 Å². The number of benzene rings is 1.